The Bertz CT molecular complexity index is 595. The van der Waals surface area contributed by atoms with E-state index in [0.717, 1.165) is 0 Å². The predicted octanol–water partition coefficient (Wildman–Crippen LogP) is 1.46. The van der Waals surface area contributed by atoms with Crippen LogP contribution in [0.2, 0.25) is 0 Å². The zero-order valence-electron chi connectivity index (χ0n) is 9.32. The van der Waals surface area contributed by atoms with Gasteiger partial charge in [0.15, 0.2) is 0 Å². The summed E-state index contributed by atoms with van der Waals surface area (Å²) in [6, 6.07) is 0. The number of methoxy groups -OCH3 is 1. The highest BCUT2D eigenvalue weighted by molar-refractivity contribution is 7.95. The summed E-state index contributed by atoms with van der Waals surface area (Å²) in [7, 11) is -12.3. The van der Waals surface area contributed by atoms with Gasteiger partial charge in [-0.2, -0.15) is 43.2 Å². The van der Waals surface area contributed by atoms with E-state index in [1.165, 1.54) is 0 Å². The molecule has 7 nitrogen and oxygen atoms in total. The third kappa shape index (κ3) is 6.80. The molecule has 0 bridgehead atoms. The number of halogens is 7. The van der Waals surface area contributed by atoms with Crippen molar-refractivity contribution in [1.82, 2.24) is 0 Å². The number of rotatable bonds is 5. The van der Waals surface area contributed by atoms with Crippen molar-refractivity contribution in [2.24, 2.45) is 0 Å². The average molecular weight is 372 g/mol. The number of hydrogen-bond acceptors (Lipinski definition) is 7. The molecule has 16 heteroatoms. The van der Waals surface area contributed by atoms with Crippen LogP contribution < -0.4 is 0 Å². The van der Waals surface area contributed by atoms with Gasteiger partial charge in [0.1, 0.15) is 0 Å². The molecule has 0 amide bonds. The van der Waals surface area contributed by atoms with Crippen LogP contribution in [-0.4, -0.2) is 36.3 Å². The Labute approximate surface area is 112 Å². The van der Waals surface area contributed by atoms with Gasteiger partial charge in [0, 0.05) is 0 Å². The molecule has 0 aliphatic heterocycles. The van der Waals surface area contributed by atoms with E-state index < -0.39 is 44.8 Å². The molecule has 0 fully saturated rings. The first-order chi connectivity index (χ1) is 8.99. The Morgan fingerprint density at radius 1 is 0.905 bits per heavy atom. The molecule has 0 aromatic carbocycles. The Morgan fingerprint density at radius 3 is 1.52 bits per heavy atom. The van der Waals surface area contributed by atoms with E-state index >= 15 is 0 Å². The van der Waals surface area contributed by atoms with Gasteiger partial charge in [0.2, 0.25) is 5.57 Å². The van der Waals surface area contributed by atoms with E-state index in [1.54, 1.807) is 0 Å². The van der Waals surface area contributed by atoms with Gasteiger partial charge in [-0.1, -0.05) is 7.52 Å². The zero-order valence-corrected chi connectivity index (χ0v) is 11.0. The molecule has 0 aromatic heterocycles. The van der Waals surface area contributed by atoms with E-state index in [4.69, 9.17) is 0 Å². The normalized spacial score (nSPS) is 13.7. The molecule has 0 aliphatic carbocycles. The van der Waals surface area contributed by atoms with Crippen molar-refractivity contribution in [1.29, 1.82) is 0 Å². The maximum atomic E-state index is 12.2. The minimum atomic E-state index is -6.29. The van der Waals surface area contributed by atoms with Crippen molar-refractivity contribution in [3.8, 4) is 0 Å². The van der Waals surface area contributed by atoms with Crippen LogP contribution in [0.5, 0.6) is 0 Å². The van der Waals surface area contributed by atoms with Crippen molar-refractivity contribution < 1.29 is 59.6 Å². The summed E-state index contributed by atoms with van der Waals surface area (Å²) in [5.74, 6) is -2.71. The van der Waals surface area contributed by atoms with E-state index in [9.17, 15) is 47.1 Å². The highest BCUT2D eigenvalue weighted by Crippen LogP contribution is 2.41. The third-order valence-electron chi connectivity index (χ3n) is 1.30. The number of allylic oxidation sites excluding steroid dienone is 1. The van der Waals surface area contributed by atoms with E-state index in [2.05, 4.69) is 12.5 Å². The van der Waals surface area contributed by atoms with Crippen molar-refractivity contribution >= 4 is 20.9 Å². The Balaban J connectivity index is 5.94. The fourth-order valence-electron chi connectivity index (χ4n) is 0.776. The summed E-state index contributed by atoms with van der Waals surface area (Å²) in [4.78, 5) is 0. The van der Waals surface area contributed by atoms with Gasteiger partial charge in [-0.3, -0.25) is 0 Å². The second-order valence-electron chi connectivity index (χ2n) is 2.81. The molecule has 0 atom stereocenters. The molecular formula is C5H3F7O7S2. The Morgan fingerprint density at radius 2 is 1.29 bits per heavy atom. The second kappa shape index (κ2) is 5.84. The summed E-state index contributed by atoms with van der Waals surface area (Å²) >= 11 is 0. The lowest BCUT2D eigenvalue weighted by Crippen LogP contribution is -2.30. The number of ether oxygens (including phenoxy) is 1. The molecular weight excluding hydrogens is 369 g/mol. The fraction of sp³-hybridized carbons (Fsp3) is 0.600. The topological polar surface area (TPSA) is 96.0 Å². The van der Waals surface area contributed by atoms with Gasteiger partial charge in [-0.05, 0) is 0 Å². The van der Waals surface area contributed by atoms with Gasteiger partial charge in [-0.15, -0.1) is 0 Å². The summed E-state index contributed by atoms with van der Waals surface area (Å²) in [5.41, 5.74) is -3.55. The molecule has 21 heavy (non-hydrogen) atoms. The SMILES string of the molecule is COC(OS(=O)(=O)OS(=O)(=O)F)=C(C(F)(F)F)C(F)(F)F. The van der Waals surface area contributed by atoms with Crippen molar-refractivity contribution in [3.05, 3.63) is 11.5 Å². The molecule has 0 N–H and O–H groups in total. The second-order valence-corrected chi connectivity index (χ2v) is 5.13. The number of hydrogen-bond donors (Lipinski definition) is 0. The van der Waals surface area contributed by atoms with Crippen LogP contribution in [0.25, 0.3) is 0 Å². The molecule has 0 heterocycles. The first-order valence-electron chi connectivity index (χ1n) is 4.02. The number of alkyl halides is 6. The molecule has 0 saturated carbocycles. The first kappa shape index (κ1) is 19.7. The Hall–Kier alpha value is -1.29. The van der Waals surface area contributed by atoms with Gasteiger partial charge in [0.25, 0.3) is 0 Å². The summed E-state index contributed by atoms with van der Waals surface area (Å²) in [6.07, 6.45) is -12.4. The molecule has 0 aliphatic rings. The molecule has 0 saturated heterocycles. The van der Waals surface area contributed by atoms with Crippen LogP contribution in [-0.2, 0) is 33.5 Å². The fourth-order valence-corrected chi connectivity index (χ4v) is 2.02. The minimum absolute atomic E-state index is 0.145. The van der Waals surface area contributed by atoms with E-state index in [1.807, 2.05) is 0 Å². The van der Waals surface area contributed by atoms with Gasteiger partial charge >= 0.3 is 39.2 Å². The lowest BCUT2D eigenvalue weighted by atomic mass is 10.2. The smallest absolute Gasteiger partial charge is 0.467 e. The monoisotopic (exact) mass is 372 g/mol. The maximum Gasteiger partial charge on any atom is 0.468 e. The van der Waals surface area contributed by atoms with Gasteiger partial charge in [0.05, 0.1) is 7.11 Å². The van der Waals surface area contributed by atoms with Crippen LogP contribution in [0.15, 0.2) is 11.5 Å². The minimum Gasteiger partial charge on any atom is -0.467 e. The summed E-state index contributed by atoms with van der Waals surface area (Å²) in [6.45, 7) is 0. The highest BCUT2D eigenvalue weighted by Gasteiger charge is 2.56. The van der Waals surface area contributed by atoms with Crippen LogP contribution in [0.4, 0.5) is 30.2 Å². The van der Waals surface area contributed by atoms with Crippen molar-refractivity contribution in [3.63, 3.8) is 0 Å². The van der Waals surface area contributed by atoms with Crippen molar-refractivity contribution in [2.75, 3.05) is 7.11 Å². The van der Waals surface area contributed by atoms with Crippen LogP contribution in [0.1, 0.15) is 0 Å². The standard InChI is InChI=1S/C5H3F7O7S2/c1-17-3(2(4(6,7)8)5(9,10)11)18-21(15,16)19-20(12,13)14/h1H3. The summed E-state index contributed by atoms with van der Waals surface area (Å²) < 4.78 is 135. The third-order valence-corrected chi connectivity index (χ3v) is 2.97. The lowest BCUT2D eigenvalue weighted by Gasteiger charge is -2.17. The van der Waals surface area contributed by atoms with E-state index in [-0.39, 0.29) is 7.11 Å². The molecule has 0 radical (unpaired) electrons. The molecule has 0 rings (SSSR count). The summed E-state index contributed by atoms with van der Waals surface area (Å²) in [5, 5.41) is 0. The molecule has 0 spiro atoms. The Kier molecular flexibility index (Phi) is 5.48. The lowest BCUT2D eigenvalue weighted by molar-refractivity contribution is -0.179. The van der Waals surface area contributed by atoms with Gasteiger partial charge < -0.3 is 8.92 Å². The van der Waals surface area contributed by atoms with E-state index in [0.29, 0.717) is 0 Å². The zero-order chi connectivity index (χ0) is 17.3. The van der Waals surface area contributed by atoms with Crippen molar-refractivity contribution in [2.45, 2.75) is 12.4 Å². The van der Waals surface area contributed by atoms with Crippen LogP contribution in [0, 0.1) is 0 Å². The molecule has 0 unspecified atom stereocenters. The molecule has 0 aromatic rings. The molecule has 126 valence electrons. The van der Waals surface area contributed by atoms with Crippen LogP contribution >= 0.6 is 0 Å². The van der Waals surface area contributed by atoms with Gasteiger partial charge in [-0.25, -0.2) is 0 Å². The first-order valence-corrected chi connectivity index (χ1v) is 6.66. The largest absolute Gasteiger partial charge is 0.468 e. The maximum absolute atomic E-state index is 12.2. The highest BCUT2D eigenvalue weighted by atomic mass is 32.3. The predicted molar refractivity (Wildman–Crippen MR) is 47.3 cm³/mol. The van der Waals surface area contributed by atoms with Crippen LogP contribution in [0.3, 0.4) is 0 Å². The average Bonchev–Trinajstić information content (AvgIpc) is 2.06. The quantitative estimate of drug-likeness (QED) is 0.410.